The van der Waals surface area contributed by atoms with Crippen LogP contribution in [0.2, 0.25) is 0 Å². The molecule has 4 heteroatoms. The van der Waals surface area contributed by atoms with E-state index in [9.17, 15) is 0 Å². The van der Waals surface area contributed by atoms with Crippen LogP contribution in [0.1, 0.15) is 37.7 Å². The highest BCUT2D eigenvalue weighted by molar-refractivity contribution is 5.45. The molecule has 4 nitrogen and oxygen atoms in total. The Balaban J connectivity index is 1.77. The predicted octanol–water partition coefficient (Wildman–Crippen LogP) is 2.59. The third-order valence-corrected chi connectivity index (χ3v) is 4.40. The summed E-state index contributed by atoms with van der Waals surface area (Å²) in [5.41, 5.74) is 7.34. The maximum absolute atomic E-state index is 6.37. The SMILES string of the molecule is COc1cc(C2(N)CCC2)ccc1OC1CCCOC1. The molecule has 0 spiro atoms. The minimum atomic E-state index is -0.167. The zero-order chi connectivity index (χ0) is 14.0. The Morgan fingerprint density at radius 2 is 2.10 bits per heavy atom. The number of hydrogen-bond acceptors (Lipinski definition) is 4. The van der Waals surface area contributed by atoms with Gasteiger partial charge in [-0.1, -0.05) is 6.07 Å². The van der Waals surface area contributed by atoms with Crippen molar-refractivity contribution < 1.29 is 14.2 Å². The lowest BCUT2D eigenvalue weighted by Gasteiger charge is -2.39. The Bertz CT molecular complexity index is 465. The fourth-order valence-electron chi connectivity index (χ4n) is 2.90. The van der Waals surface area contributed by atoms with Crippen LogP contribution in [0.5, 0.6) is 11.5 Å². The van der Waals surface area contributed by atoms with Crippen LogP contribution in [0.15, 0.2) is 18.2 Å². The lowest BCUT2D eigenvalue weighted by Crippen LogP contribution is -2.43. The molecule has 1 atom stereocenters. The molecule has 2 aliphatic rings. The summed E-state index contributed by atoms with van der Waals surface area (Å²) in [6.45, 7) is 1.50. The molecule has 3 rings (SSSR count). The zero-order valence-corrected chi connectivity index (χ0v) is 12.1. The predicted molar refractivity (Wildman–Crippen MR) is 77.2 cm³/mol. The Labute approximate surface area is 120 Å². The third kappa shape index (κ3) is 2.63. The number of rotatable bonds is 4. The number of hydrogen-bond donors (Lipinski definition) is 1. The van der Waals surface area contributed by atoms with Gasteiger partial charge in [0.15, 0.2) is 11.5 Å². The maximum Gasteiger partial charge on any atom is 0.161 e. The van der Waals surface area contributed by atoms with Gasteiger partial charge in [0.25, 0.3) is 0 Å². The first-order valence-electron chi connectivity index (χ1n) is 7.43. The maximum atomic E-state index is 6.37. The summed E-state index contributed by atoms with van der Waals surface area (Å²) in [6, 6.07) is 6.08. The van der Waals surface area contributed by atoms with Crippen molar-refractivity contribution in [3.8, 4) is 11.5 Å². The summed E-state index contributed by atoms with van der Waals surface area (Å²) in [4.78, 5) is 0. The van der Waals surface area contributed by atoms with Gasteiger partial charge in [0.2, 0.25) is 0 Å². The van der Waals surface area contributed by atoms with Gasteiger partial charge in [0, 0.05) is 12.1 Å². The molecule has 1 aliphatic carbocycles. The van der Waals surface area contributed by atoms with E-state index in [1.165, 1.54) is 6.42 Å². The highest BCUT2D eigenvalue weighted by atomic mass is 16.5. The number of methoxy groups -OCH3 is 1. The van der Waals surface area contributed by atoms with Crippen molar-refractivity contribution >= 4 is 0 Å². The molecule has 1 unspecified atom stereocenters. The van der Waals surface area contributed by atoms with Gasteiger partial charge in [-0.15, -0.1) is 0 Å². The second-order valence-electron chi connectivity index (χ2n) is 5.83. The molecule has 0 aromatic heterocycles. The van der Waals surface area contributed by atoms with Crippen molar-refractivity contribution in [3.63, 3.8) is 0 Å². The standard InChI is InChI=1S/C16H23NO3/c1-18-15-10-12(16(17)7-3-8-16)5-6-14(15)20-13-4-2-9-19-11-13/h5-6,10,13H,2-4,7-9,11,17H2,1H3. The van der Waals surface area contributed by atoms with Crippen LogP contribution in [0, 0.1) is 0 Å². The van der Waals surface area contributed by atoms with E-state index in [1.54, 1.807) is 7.11 Å². The van der Waals surface area contributed by atoms with Crippen LogP contribution in [-0.4, -0.2) is 26.4 Å². The highest BCUT2D eigenvalue weighted by Gasteiger charge is 2.35. The van der Waals surface area contributed by atoms with Crippen molar-refractivity contribution in [3.05, 3.63) is 23.8 Å². The van der Waals surface area contributed by atoms with Crippen LogP contribution in [0.25, 0.3) is 0 Å². The summed E-state index contributed by atoms with van der Waals surface area (Å²) < 4.78 is 16.9. The van der Waals surface area contributed by atoms with Crippen molar-refractivity contribution in [1.29, 1.82) is 0 Å². The highest BCUT2D eigenvalue weighted by Crippen LogP contribution is 2.41. The van der Waals surface area contributed by atoms with Crippen molar-refractivity contribution in [2.45, 2.75) is 43.7 Å². The van der Waals surface area contributed by atoms with Gasteiger partial charge in [-0.05, 0) is 49.8 Å². The van der Waals surface area contributed by atoms with Gasteiger partial charge in [0.1, 0.15) is 6.10 Å². The minimum absolute atomic E-state index is 0.124. The molecule has 1 aliphatic heterocycles. The summed E-state index contributed by atoms with van der Waals surface area (Å²) in [5.74, 6) is 1.56. The minimum Gasteiger partial charge on any atom is -0.493 e. The number of benzene rings is 1. The molecule has 0 amide bonds. The van der Waals surface area contributed by atoms with Crippen LogP contribution < -0.4 is 15.2 Å². The largest absolute Gasteiger partial charge is 0.493 e. The molecule has 1 saturated carbocycles. The van der Waals surface area contributed by atoms with E-state index in [0.29, 0.717) is 6.61 Å². The van der Waals surface area contributed by atoms with E-state index >= 15 is 0 Å². The second kappa shape index (κ2) is 5.62. The quantitative estimate of drug-likeness (QED) is 0.919. The van der Waals surface area contributed by atoms with Crippen LogP contribution in [0.4, 0.5) is 0 Å². The van der Waals surface area contributed by atoms with E-state index in [1.807, 2.05) is 12.1 Å². The average molecular weight is 277 g/mol. The molecular formula is C16H23NO3. The Morgan fingerprint density at radius 3 is 2.70 bits per heavy atom. The molecule has 1 aromatic carbocycles. The molecule has 0 radical (unpaired) electrons. The van der Waals surface area contributed by atoms with Crippen molar-refractivity contribution in [1.82, 2.24) is 0 Å². The lowest BCUT2D eigenvalue weighted by atomic mass is 9.73. The fraction of sp³-hybridized carbons (Fsp3) is 0.625. The van der Waals surface area contributed by atoms with Crippen LogP contribution >= 0.6 is 0 Å². The first-order valence-corrected chi connectivity index (χ1v) is 7.43. The lowest BCUT2D eigenvalue weighted by molar-refractivity contribution is 0.00641. The topological polar surface area (TPSA) is 53.7 Å². The summed E-state index contributed by atoms with van der Waals surface area (Å²) in [7, 11) is 1.67. The molecule has 0 bridgehead atoms. The fourth-order valence-corrected chi connectivity index (χ4v) is 2.90. The molecule has 1 heterocycles. The van der Waals surface area contributed by atoms with Gasteiger partial charge >= 0.3 is 0 Å². The molecule has 110 valence electrons. The first kappa shape index (κ1) is 13.7. The third-order valence-electron chi connectivity index (χ3n) is 4.40. The average Bonchev–Trinajstić information content (AvgIpc) is 2.46. The smallest absolute Gasteiger partial charge is 0.161 e. The Kier molecular flexibility index (Phi) is 3.85. The molecule has 1 saturated heterocycles. The molecule has 2 N–H and O–H groups in total. The molecule has 1 aromatic rings. The van der Waals surface area contributed by atoms with Gasteiger partial charge in [-0.2, -0.15) is 0 Å². The molecular weight excluding hydrogens is 254 g/mol. The van der Waals surface area contributed by atoms with Crippen molar-refractivity contribution in [2.75, 3.05) is 20.3 Å². The Morgan fingerprint density at radius 1 is 1.25 bits per heavy atom. The summed E-state index contributed by atoms with van der Waals surface area (Å²) in [6.07, 6.45) is 5.51. The van der Waals surface area contributed by atoms with Crippen LogP contribution in [0.3, 0.4) is 0 Å². The van der Waals surface area contributed by atoms with Gasteiger partial charge < -0.3 is 19.9 Å². The van der Waals surface area contributed by atoms with E-state index in [0.717, 1.165) is 49.4 Å². The van der Waals surface area contributed by atoms with Gasteiger partial charge in [0.05, 0.1) is 13.7 Å². The van der Waals surface area contributed by atoms with Crippen molar-refractivity contribution in [2.24, 2.45) is 5.73 Å². The van der Waals surface area contributed by atoms with E-state index < -0.39 is 0 Å². The van der Waals surface area contributed by atoms with E-state index in [4.69, 9.17) is 19.9 Å². The number of nitrogens with two attached hydrogens (primary N) is 1. The second-order valence-corrected chi connectivity index (χ2v) is 5.83. The molecule has 20 heavy (non-hydrogen) atoms. The first-order chi connectivity index (χ1) is 9.71. The Hall–Kier alpha value is -1.26. The summed E-state index contributed by atoms with van der Waals surface area (Å²) in [5, 5.41) is 0. The van der Waals surface area contributed by atoms with Gasteiger partial charge in [-0.3, -0.25) is 0 Å². The normalized spacial score (nSPS) is 24.8. The van der Waals surface area contributed by atoms with E-state index in [-0.39, 0.29) is 11.6 Å². The number of ether oxygens (including phenoxy) is 3. The zero-order valence-electron chi connectivity index (χ0n) is 12.1. The van der Waals surface area contributed by atoms with E-state index in [2.05, 4.69) is 6.07 Å². The molecule has 2 fully saturated rings. The van der Waals surface area contributed by atoms with Crippen LogP contribution in [-0.2, 0) is 10.3 Å². The summed E-state index contributed by atoms with van der Waals surface area (Å²) >= 11 is 0. The van der Waals surface area contributed by atoms with Gasteiger partial charge in [-0.25, -0.2) is 0 Å². The monoisotopic (exact) mass is 277 g/mol.